The summed E-state index contributed by atoms with van der Waals surface area (Å²) in [5.74, 6) is -1.26. The van der Waals surface area contributed by atoms with Gasteiger partial charge in [-0.05, 0) is 44.5 Å². The van der Waals surface area contributed by atoms with Crippen LogP contribution >= 0.6 is 0 Å². The number of phenolic OH excluding ortho intramolecular Hbond substituents is 1. The summed E-state index contributed by atoms with van der Waals surface area (Å²) in [6.45, 7) is 5.61. The summed E-state index contributed by atoms with van der Waals surface area (Å²) in [6, 6.07) is 6.80. The molecular formula is C19H21FN2O3. The largest absolute Gasteiger partial charge is 0.508 e. The van der Waals surface area contributed by atoms with Crippen molar-refractivity contribution in [2.75, 3.05) is 0 Å². The fourth-order valence-corrected chi connectivity index (χ4v) is 2.30. The Morgan fingerprint density at radius 1 is 1.16 bits per heavy atom. The van der Waals surface area contributed by atoms with E-state index in [2.05, 4.69) is 10.3 Å². The topological polar surface area (TPSA) is 79.3 Å². The standard InChI is InChI=1S/C19H21FN2O3/c1-19(2,3)22-18(25)16-9-12(6-7-21-16)8-15(23)10-13-4-5-14(20)11-17(13)24/h4-7,9,11,24H,8,10H2,1-3H3,(H,22,25). The van der Waals surface area contributed by atoms with E-state index in [4.69, 9.17) is 0 Å². The highest BCUT2D eigenvalue weighted by Gasteiger charge is 2.17. The lowest BCUT2D eigenvalue weighted by atomic mass is 10.0. The molecule has 1 aromatic carbocycles. The van der Waals surface area contributed by atoms with Crippen molar-refractivity contribution in [3.05, 3.63) is 59.2 Å². The molecule has 25 heavy (non-hydrogen) atoms. The molecule has 1 heterocycles. The number of hydrogen-bond donors (Lipinski definition) is 2. The van der Waals surface area contributed by atoms with Gasteiger partial charge >= 0.3 is 0 Å². The van der Waals surface area contributed by atoms with Crippen molar-refractivity contribution in [3.63, 3.8) is 0 Å². The Bertz CT molecular complexity index is 797. The molecule has 2 aromatic rings. The Hall–Kier alpha value is -2.76. The summed E-state index contributed by atoms with van der Waals surface area (Å²) in [5, 5.41) is 12.5. The van der Waals surface area contributed by atoms with E-state index in [1.807, 2.05) is 20.8 Å². The number of ketones is 1. The maximum atomic E-state index is 13.0. The summed E-state index contributed by atoms with van der Waals surface area (Å²) in [7, 11) is 0. The van der Waals surface area contributed by atoms with Crippen LogP contribution in [-0.2, 0) is 17.6 Å². The number of amides is 1. The first kappa shape index (κ1) is 18.6. The van der Waals surface area contributed by atoms with E-state index in [0.29, 0.717) is 11.1 Å². The molecule has 132 valence electrons. The molecule has 2 rings (SSSR count). The Kier molecular flexibility index (Phi) is 5.51. The number of pyridine rings is 1. The quantitative estimate of drug-likeness (QED) is 0.874. The number of Topliss-reactive ketones (excluding diaryl/α,β-unsaturated/α-hetero) is 1. The van der Waals surface area contributed by atoms with Crippen LogP contribution < -0.4 is 5.32 Å². The summed E-state index contributed by atoms with van der Waals surface area (Å²) in [6.07, 6.45) is 1.56. The van der Waals surface area contributed by atoms with Gasteiger partial charge in [-0.25, -0.2) is 4.39 Å². The van der Waals surface area contributed by atoms with Crippen molar-refractivity contribution in [1.29, 1.82) is 0 Å². The molecule has 1 aromatic heterocycles. The number of benzene rings is 1. The zero-order chi connectivity index (χ0) is 18.6. The summed E-state index contributed by atoms with van der Waals surface area (Å²) in [5.41, 5.74) is 0.877. The van der Waals surface area contributed by atoms with Crippen molar-refractivity contribution in [1.82, 2.24) is 10.3 Å². The molecule has 0 fully saturated rings. The molecule has 0 aliphatic rings. The first-order chi connectivity index (χ1) is 11.6. The maximum absolute atomic E-state index is 13.0. The van der Waals surface area contributed by atoms with Gasteiger partial charge in [0.2, 0.25) is 0 Å². The molecule has 2 N–H and O–H groups in total. The number of carbonyl (C=O) groups is 2. The minimum atomic E-state index is -0.558. The summed E-state index contributed by atoms with van der Waals surface area (Å²) < 4.78 is 13.0. The lowest BCUT2D eigenvalue weighted by Crippen LogP contribution is -2.40. The maximum Gasteiger partial charge on any atom is 0.270 e. The lowest BCUT2D eigenvalue weighted by molar-refractivity contribution is -0.117. The van der Waals surface area contributed by atoms with Crippen LogP contribution in [0.3, 0.4) is 0 Å². The van der Waals surface area contributed by atoms with Crippen LogP contribution in [0.4, 0.5) is 4.39 Å². The van der Waals surface area contributed by atoms with Gasteiger partial charge in [-0.3, -0.25) is 14.6 Å². The third kappa shape index (κ3) is 5.67. The average molecular weight is 344 g/mol. The Morgan fingerprint density at radius 2 is 1.88 bits per heavy atom. The predicted octanol–water partition coefficient (Wildman–Crippen LogP) is 2.81. The Labute approximate surface area is 145 Å². The van der Waals surface area contributed by atoms with Gasteiger partial charge in [0.05, 0.1) is 0 Å². The number of aromatic hydroxyl groups is 1. The normalized spacial score (nSPS) is 11.2. The molecule has 5 nitrogen and oxygen atoms in total. The molecular weight excluding hydrogens is 323 g/mol. The number of hydrogen-bond acceptors (Lipinski definition) is 4. The van der Waals surface area contributed by atoms with Crippen LogP contribution in [-0.4, -0.2) is 27.3 Å². The van der Waals surface area contributed by atoms with Gasteiger partial charge in [-0.2, -0.15) is 0 Å². The molecule has 0 unspecified atom stereocenters. The molecule has 0 saturated heterocycles. The van der Waals surface area contributed by atoms with Crippen molar-refractivity contribution < 1.29 is 19.1 Å². The molecule has 0 atom stereocenters. The number of phenols is 1. The number of nitrogens with one attached hydrogen (secondary N) is 1. The van der Waals surface area contributed by atoms with Crippen molar-refractivity contribution in [2.24, 2.45) is 0 Å². The molecule has 0 saturated carbocycles. The zero-order valence-corrected chi connectivity index (χ0v) is 14.5. The van der Waals surface area contributed by atoms with E-state index >= 15 is 0 Å². The number of aromatic nitrogens is 1. The SMILES string of the molecule is CC(C)(C)NC(=O)c1cc(CC(=O)Cc2ccc(F)cc2O)ccn1. The van der Waals surface area contributed by atoms with Gasteiger partial charge in [0.25, 0.3) is 5.91 Å². The highest BCUT2D eigenvalue weighted by Crippen LogP contribution is 2.19. The number of rotatable bonds is 5. The lowest BCUT2D eigenvalue weighted by Gasteiger charge is -2.20. The Morgan fingerprint density at radius 3 is 2.52 bits per heavy atom. The molecule has 0 aliphatic heterocycles. The smallest absolute Gasteiger partial charge is 0.270 e. The number of carbonyl (C=O) groups excluding carboxylic acids is 2. The van der Waals surface area contributed by atoms with E-state index in [1.165, 1.54) is 18.3 Å². The highest BCUT2D eigenvalue weighted by atomic mass is 19.1. The molecule has 6 heteroatoms. The van der Waals surface area contributed by atoms with E-state index in [1.54, 1.807) is 12.1 Å². The number of nitrogens with zero attached hydrogens (tertiary/aromatic N) is 1. The van der Waals surface area contributed by atoms with E-state index in [-0.39, 0.29) is 41.5 Å². The van der Waals surface area contributed by atoms with Crippen LogP contribution in [0.15, 0.2) is 36.5 Å². The fourth-order valence-electron chi connectivity index (χ4n) is 2.30. The molecule has 1 amide bonds. The molecule has 0 aliphatic carbocycles. The second-order valence-corrected chi connectivity index (χ2v) is 6.92. The minimum absolute atomic E-state index is 0.0159. The van der Waals surface area contributed by atoms with Crippen molar-refractivity contribution in [3.8, 4) is 5.75 Å². The molecule has 0 radical (unpaired) electrons. The third-order valence-electron chi connectivity index (χ3n) is 3.38. The van der Waals surface area contributed by atoms with Crippen molar-refractivity contribution in [2.45, 2.75) is 39.2 Å². The second-order valence-electron chi connectivity index (χ2n) is 6.92. The second kappa shape index (κ2) is 7.42. The van der Waals surface area contributed by atoms with Gasteiger partial charge in [-0.1, -0.05) is 6.07 Å². The van der Waals surface area contributed by atoms with Crippen LogP contribution in [0.2, 0.25) is 0 Å². The van der Waals surface area contributed by atoms with Gasteiger partial charge in [0.1, 0.15) is 23.0 Å². The highest BCUT2D eigenvalue weighted by molar-refractivity contribution is 5.93. The molecule has 0 bridgehead atoms. The van der Waals surface area contributed by atoms with Crippen molar-refractivity contribution >= 4 is 11.7 Å². The minimum Gasteiger partial charge on any atom is -0.508 e. The van der Waals surface area contributed by atoms with Crippen LogP contribution in [0.25, 0.3) is 0 Å². The number of halogens is 1. The molecule has 0 spiro atoms. The van der Waals surface area contributed by atoms with E-state index < -0.39 is 5.82 Å². The van der Waals surface area contributed by atoms with Crippen LogP contribution in [0.5, 0.6) is 5.75 Å². The van der Waals surface area contributed by atoms with E-state index in [0.717, 1.165) is 6.07 Å². The van der Waals surface area contributed by atoms with Crippen LogP contribution in [0.1, 0.15) is 42.4 Å². The first-order valence-electron chi connectivity index (χ1n) is 7.90. The monoisotopic (exact) mass is 344 g/mol. The van der Waals surface area contributed by atoms with Gasteiger partial charge in [0, 0.05) is 36.2 Å². The Balaban J connectivity index is 2.06. The summed E-state index contributed by atoms with van der Waals surface area (Å²) in [4.78, 5) is 28.4. The van der Waals surface area contributed by atoms with Crippen LogP contribution in [0, 0.1) is 5.82 Å². The summed E-state index contributed by atoms with van der Waals surface area (Å²) >= 11 is 0. The van der Waals surface area contributed by atoms with Gasteiger partial charge in [-0.15, -0.1) is 0 Å². The first-order valence-corrected chi connectivity index (χ1v) is 7.90. The van der Waals surface area contributed by atoms with Gasteiger partial charge < -0.3 is 10.4 Å². The zero-order valence-electron chi connectivity index (χ0n) is 14.5. The fraction of sp³-hybridized carbons (Fsp3) is 0.316. The average Bonchev–Trinajstić information content (AvgIpc) is 2.48. The van der Waals surface area contributed by atoms with E-state index in [9.17, 15) is 19.1 Å². The predicted molar refractivity (Wildman–Crippen MR) is 91.9 cm³/mol. The third-order valence-corrected chi connectivity index (χ3v) is 3.38. The van der Waals surface area contributed by atoms with Gasteiger partial charge in [0.15, 0.2) is 0 Å².